The lowest BCUT2D eigenvalue weighted by Gasteiger charge is -2.09. The molecule has 44 heavy (non-hydrogen) atoms. The lowest BCUT2D eigenvalue weighted by Crippen LogP contribution is -2.20. The molecule has 4 aromatic carbocycles. The number of thiazole rings is 1. The monoisotopic (exact) mass is 645 g/mol. The van der Waals surface area contributed by atoms with Crippen LogP contribution in [0.1, 0.15) is 15.9 Å². The van der Waals surface area contributed by atoms with E-state index in [4.69, 9.17) is 32.7 Å². The molecule has 0 spiro atoms. The summed E-state index contributed by atoms with van der Waals surface area (Å²) >= 11 is 13.7. The van der Waals surface area contributed by atoms with Gasteiger partial charge in [0.05, 0.1) is 24.0 Å². The van der Waals surface area contributed by atoms with Crippen LogP contribution in [0.4, 0.5) is 16.5 Å². The Kier molecular flexibility index (Phi) is 10.1. The van der Waals surface area contributed by atoms with E-state index in [1.165, 1.54) is 17.6 Å². The molecule has 12 heteroatoms. The van der Waals surface area contributed by atoms with Crippen LogP contribution in [0, 0.1) is 0 Å². The van der Waals surface area contributed by atoms with Crippen LogP contribution in [0.25, 0.3) is 11.3 Å². The van der Waals surface area contributed by atoms with E-state index < -0.39 is 0 Å². The summed E-state index contributed by atoms with van der Waals surface area (Å²) in [5.41, 5.74) is 6.75. The molecule has 0 saturated carbocycles. The minimum absolute atomic E-state index is 0.224. The third-order valence-corrected chi connectivity index (χ3v) is 7.42. The Balaban J connectivity index is 1.10. The minimum Gasteiger partial charge on any atom is -0.497 e. The van der Waals surface area contributed by atoms with Gasteiger partial charge in [0, 0.05) is 32.9 Å². The molecule has 1 aromatic heterocycles. The number of nitrogens with zero attached hydrogens (tertiary/aromatic N) is 2. The maximum Gasteiger partial charge on any atom is 0.271 e. The summed E-state index contributed by atoms with van der Waals surface area (Å²) in [5, 5.41) is 13.7. The molecule has 2 amide bonds. The molecule has 0 aliphatic carbocycles. The largest absolute Gasteiger partial charge is 0.497 e. The standard InChI is InChI=1S/C32H25Cl2N5O4S/c1-42-26-13-11-24(12-14-26)36-30(40)18-43-29-15-2-20(16-27(29)34)17-35-39-31(41)22-5-3-21(4-6-22)28-19-44-32(38-28)37-25-9-7-23(33)8-10-25/h2-17,19H,18H2,1H3,(H,36,40)(H,37,38)(H,39,41)/b35-17-. The fraction of sp³-hybridized carbons (Fsp3) is 0.0625. The molecule has 0 aliphatic rings. The molecule has 0 bridgehead atoms. The van der Waals surface area contributed by atoms with E-state index in [2.05, 4.69) is 26.1 Å². The number of benzene rings is 4. The molecule has 222 valence electrons. The van der Waals surface area contributed by atoms with Crippen molar-refractivity contribution in [2.75, 3.05) is 24.4 Å². The average Bonchev–Trinajstić information content (AvgIpc) is 3.50. The van der Waals surface area contributed by atoms with Crippen LogP contribution in [-0.2, 0) is 4.79 Å². The topological polar surface area (TPSA) is 114 Å². The van der Waals surface area contributed by atoms with Crippen LogP contribution in [0.3, 0.4) is 0 Å². The number of aromatic nitrogens is 1. The number of halogens is 2. The number of ether oxygens (including phenoxy) is 2. The molecule has 0 radical (unpaired) electrons. The fourth-order valence-corrected chi connectivity index (χ4v) is 4.98. The number of carbonyl (C=O) groups is 2. The van der Waals surface area contributed by atoms with Gasteiger partial charge in [-0.1, -0.05) is 35.3 Å². The van der Waals surface area contributed by atoms with Crippen LogP contribution in [0.5, 0.6) is 11.5 Å². The summed E-state index contributed by atoms with van der Waals surface area (Å²) in [5.74, 6) is 0.320. The molecule has 0 fully saturated rings. The van der Waals surface area contributed by atoms with Crippen molar-refractivity contribution in [2.45, 2.75) is 0 Å². The summed E-state index contributed by atoms with van der Waals surface area (Å²) in [6, 6.07) is 26.3. The number of rotatable bonds is 11. The van der Waals surface area contributed by atoms with Crippen LogP contribution in [-0.4, -0.2) is 36.7 Å². The Bertz CT molecular complexity index is 1780. The highest BCUT2D eigenvalue weighted by molar-refractivity contribution is 7.14. The van der Waals surface area contributed by atoms with E-state index in [1.807, 2.05) is 41.8 Å². The maximum atomic E-state index is 12.6. The van der Waals surface area contributed by atoms with Crippen molar-refractivity contribution in [3.8, 4) is 22.8 Å². The summed E-state index contributed by atoms with van der Waals surface area (Å²) in [6.07, 6.45) is 1.46. The van der Waals surface area contributed by atoms with E-state index in [9.17, 15) is 9.59 Å². The Hall–Kier alpha value is -4.90. The van der Waals surface area contributed by atoms with Crippen molar-refractivity contribution in [2.24, 2.45) is 5.10 Å². The Morgan fingerprint density at radius 1 is 0.932 bits per heavy atom. The summed E-state index contributed by atoms with van der Waals surface area (Å²) in [7, 11) is 1.57. The van der Waals surface area contributed by atoms with Crippen molar-refractivity contribution >= 4 is 69.1 Å². The Morgan fingerprint density at radius 3 is 2.36 bits per heavy atom. The molecule has 0 saturated heterocycles. The third-order valence-electron chi connectivity index (χ3n) is 6.11. The van der Waals surface area contributed by atoms with Gasteiger partial charge in [-0.3, -0.25) is 9.59 Å². The van der Waals surface area contributed by atoms with Crippen molar-refractivity contribution < 1.29 is 19.1 Å². The van der Waals surface area contributed by atoms with Gasteiger partial charge in [-0.15, -0.1) is 11.3 Å². The molecule has 1 heterocycles. The van der Waals surface area contributed by atoms with E-state index in [-0.39, 0.29) is 18.4 Å². The number of carbonyl (C=O) groups excluding carboxylic acids is 2. The Labute approximate surface area is 267 Å². The van der Waals surface area contributed by atoms with Gasteiger partial charge in [0.1, 0.15) is 11.5 Å². The van der Waals surface area contributed by atoms with Crippen LogP contribution >= 0.6 is 34.5 Å². The zero-order valence-electron chi connectivity index (χ0n) is 23.2. The van der Waals surface area contributed by atoms with E-state index in [0.717, 1.165) is 22.1 Å². The fourth-order valence-electron chi connectivity index (χ4n) is 3.87. The van der Waals surface area contributed by atoms with Crippen molar-refractivity contribution in [3.63, 3.8) is 0 Å². The first-order chi connectivity index (χ1) is 21.4. The first-order valence-corrected chi connectivity index (χ1v) is 14.8. The van der Waals surface area contributed by atoms with Crippen molar-refractivity contribution in [3.05, 3.63) is 118 Å². The smallest absolute Gasteiger partial charge is 0.271 e. The zero-order valence-corrected chi connectivity index (χ0v) is 25.5. The molecule has 3 N–H and O–H groups in total. The van der Waals surface area contributed by atoms with Crippen LogP contribution in [0.15, 0.2) is 101 Å². The van der Waals surface area contributed by atoms with E-state index in [0.29, 0.717) is 38.4 Å². The number of nitrogens with one attached hydrogen (secondary N) is 3. The SMILES string of the molecule is COc1ccc(NC(=O)COc2ccc(/C=N\NC(=O)c3ccc(-c4csc(Nc5ccc(Cl)cc5)n4)cc3)cc2Cl)cc1. The zero-order chi connectivity index (χ0) is 30.9. The van der Waals surface area contributed by atoms with Gasteiger partial charge < -0.3 is 20.1 Å². The number of hydrazone groups is 1. The maximum absolute atomic E-state index is 12.6. The number of methoxy groups -OCH3 is 1. The highest BCUT2D eigenvalue weighted by Gasteiger charge is 2.10. The molecular formula is C32H25Cl2N5O4S. The van der Waals surface area contributed by atoms with Crippen molar-refractivity contribution in [1.29, 1.82) is 0 Å². The normalized spacial score (nSPS) is 10.8. The molecule has 9 nitrogen and oxygen atoms in total. The van der Waals surface area contributed by atoms with Crippen LogP contribution in [0.2, 0.25) is 10.0 Å². The molecule has 0 atom stereocenters. The first-order valence-electron chi connectivity index (χ1n) is 13.1. The quantitative estimate of drug-likeness (QED) is 0.100. The van der Waals surface area contributed by atoms with Gasteiger partial charge in [-0.2, -0.15) is 5.10 Å². The number of anilines is 3. The van der Waals surface area contributed by atoms with Crippen LogP contribution < -0.4 is 25.5 Å². The molecule has 0 aliphatic heterocycles. The predicted octanol–water partition coefficient (Wildman–Crippen LogP) is 7.65. The summed E-state index contributed by atoms with van der Waals surface area (Å²) < 4.78 is 10.7. The average molecular weight is 647 g/mol. The summed E-state index contributed by atoms with van der Waals surface area (Å²) in [4.78, 5) is 29.4. The van der Waals surface area contributed by atoms with Crippen molar-refractivity contribution in [1.82, 2.24) is 10.4 Å². The van der Waals surface area contributed by atoms with E-state index in [1.54, 1.807) is 61.7 Å². The molecular weight excluding hydrogens is 621 g/mol. The summed E-state index contributed by atoms with van der Waals surface area (Å²) in [6.45, 7) is -0.224. The second kappa shape index (κ2) is 14.5. The second-order valence-corrected chi connectivity index (χ2v) is 10.9. The lowest BCUT2D eigenvalue weighted by molar-refractivity contribution is -0.118. The highest BCUT2D eigenvalue weighted by atomic mass is 35.5. The molecule has 5 aromatic rings. The third kappa shape index (κ3) is 8.35. The lowest BCUT2D eigenvalue weighted by atomic mass is 10.1. The number of hydrogen-bond acceptors (Lipinski definition) is 8. The first kappa shape index (κ1) is 30.6. The van der Waals surface area contributed by atoms with Gasteiger partial charge >= 0.3 is 0 Å². The van der Waals surface area contributed by atoms with Gasteiger partial charge in [0.2, 0.25) is 0 Å². The Morgan fingerprint density at radius 2 is 1.66 bits per heavy atom. The van der Waals surface area contributed by atoms with Gasteiger partial charge in [0.15, 0.2) is 11.7 Å². The van der Waals surface area contributed by atoms with Gasteiger partial charge in [-0.25, -0.2) is 10.4 Å². The molecule has 5 rings (SSSR count). The number of amides is 2. The van der Waals surface area contributed by atoms with Gasteiger partial charge in [-0.05, 0) is 84.4 Å². The minimum atomic E-state index is -0.370. The van der Waals surface area contributed by atoms with E-state index >= 15 is 0 Å². The highest BCUT2D eigenvalue weighted by Crippen LogP contribution is 2.28. The number of hydrogen-bond donors (Lipinski definition) is 3. The molecule has 0 unspecified atom stereocenters. The second-order valence-electron chi connectivity index (χ2n) is 9.20. The van der Waals surface area contributed by atoms with Gasteiger partial charge in [0.25, 0.3) is 11.8 Å². The predicted molar refractivity (Wildman–Crippen MR) is 176 cm³/mol.